The number of anilines is 2. The maximum absolute atomic E-state index is 12.7. The molecular formula is C21H24N2O4. The lowest BCUT2D eigenvalue weighted by Crippen LogP contribution is -2.28. The summed E-state index contributed by atoms with van der Waals surface area (Å²) in [5.74, 6) is 0.560. The minimum Gasteiger partial charge on any atom is -0.497 e. The van der Waals surface area contributed by atoms with E-state index in [1.54, 1.807) is 37.3 Å². The highest BCUT2D eigenvalue weighted by molar-refractivity contribution is 6.04. The van der Waals surface area contributed by atoms with E-state index < -0.39 is 5.92 Å². The summed E-state index contributed by atoms with van der Waals surface area (Å²) < 4.78 is 10.5. The highest BCUT2D eigenvalue weighted by Crippen LogP contribution is 2.30. The summed E-state index contributed by atoms with van der Waals surface area (Å²) in [4.78, 5) is 27.0. The van der Waals surface area contributed by atoms with Crippen LogP contribution in [-0.2, 0) is 16.0 Å². The third kappa shape index (κ3) is 4.05. The van der Waals surface area contributed by atoms with E-state index in [9.17, 15) is 9.59 Å². The molecule has 3 rings (SSSR count). The first kappa shape index (κ1) is 18.8. The number of methoxy groups -OCH3 is 2. The molecule has 1 fully saturated rings. The number of hydrogen-bond acceptors (Lipinski definition) is 4. The molecule has 1 N–H and O–H groups in total. The Balaban J connectivity index is 1.74. The zero-order chi connectivity index (χ0) is 19.4. The van der Waals surface area contributed by atoms with Crippen molar-refractivity contribution in [2.24, 2.45) is 5.92 Å². The minimum absolute atomic E-state index is 0.0285. The smallest absolute Gasteiger partial charge is 0.229 e. The van der Waals surface area contributed by atoms with Crippen LogP contribution in [0.2, 0.25) is 0 Å². The number of amides is 2. The van der Waals surface area contributed by atoms with Crippen molar-refractivity contribution >= 4 is 23.2 Å². The van der Waals surface area contributed by atoms with Crippen molar-refractivity contribution < 1.29 is 19.1 Å². The normalized spacial score (nSPS) is 16.3. The van der Waals surface area contributed by atoms with Crippen LogP contribution in [0.5, 0.6) is 11.5 Å². The van der Waals surface area contributed by atoms with Gasteiger partial charge < -0.3 is 19.7 Å². The van der Waals surface area contributed by atoms with Gasteiger partial charge in [-0.05, 0) is 18.1 Å². The molecule has 142 valence electrons. The molecule has 0 radical (unpaired) electrons. The lowest BCUT2D eigenvalue weighted by Gasteiger charge is -2.20. The first-order chi connectivity index (χ1) is 13.0. The third-order valence-electron chi connectivity index (χ3n) is 4.78. The van der Waals surface area contributed by atoms with Gasteiger partial charge in [0.05, 0.1) is 20.1 Å². The molecule has 1 aliphatic rings. The Morgan fingerprint density at radius 2 is 1.81 bits per heavy atom. The van der Waals surface area contributed by atoms with Gasteiger partial charge in [-0.3, -0.25) is 9.59 Å². The fourth-order valence-corrected chi connectivity index (χ4v) is 3.31. The Labute approximate surface area is 159 Å². The molecule has 0 spiro atoms. The Bertz CT molecular complexity index is 828. The summed E-state index contributed by atoms with van der Waals surface area (Å²) in [6.07, 6.45) is 1.03. The highest BCUT2D eigenvalue weighted by atomic mass is 16.5. The van der Waals surface area contributed by atoms with E-state index in [2.05, 4.69) is 12.2 Å². The molecule has 1 saturated heterocycles. The van der Waals surface area contributed by atoms with Crippen molar-refractivity contribution in [3.63, 3.8) is 0 Å². The summed E-state index contributed by atoms with van der Waals surface area (Å²) in [5, 5.41) is 2.88. The van der Waals surface area contributed by atoms with Crippen LogP contribution in [0.4, 0.5) is 11.4 Å². The molecule has 2 aromatic carbocycles. The van der Waals surface area contributed by atoms with Crippen molar-refractivity contribution in [2.45, 2.75) is 19.8 Å². The van der Waals surface area contributed by atoms with Crippen molar-refractivity contribution in [2.75, 3.05) is 31.0 Å². The van der Waals surface area contributed by atoms with Crippen LogP contribution in [-0.4, -0.2) is 32.6 Å². The van der Waals surface area contributed by atoms with Crippen LogP contribution >= 0.6 is 0 Å². The number of benzene rings is 2. The van der Waals surface area contributed by atoms with Crippen LogP contribution in [0.1, 0.15) is 18.9 Å². The summed E-state index contributed by atoms with van der Waals surface area (Å²) >= 11 is 0. The van der Waals surface area contributed by atoms with Crippen LogP contribution in [0.3, 0.4) is 0 Å². The average molecular weight is 368 g/mol. The average Bonchev–Trinajstić information content (AvgIpc) is 3.09. The van der Waals surface area contributed by atoms with E-state index in [-0.39, 0.29) is 18.2 Å². The third-order valence-corrected chi connectivity index (χ3v) is 4.78. The topological polar surface area (TPSA) is 67.9 Å². The van der Waals surface area contributed by atoms with Gasteiger partial charge in [-0.1, -0.05) is 25.1 Å². The molecule has 1 heterocycles. The quantitative estimate of drug-likeness (QED) is 0.850. The van der Waals surface area contributed by atoms with Gasteiger partial charge >= 0.3 is 0 Å². The molecule has 6 heteroatoms. The maximum atomic E-state index is 12.7. The largest absolute Gasteiger partial charge is 0.497 e. The lowest BCUT2D eigenvalue weighted by molar-refractivity contribution is -0.122. The van der Waals surface area contributed by atoms with E-state index in [1.807, 2.05) is 24.3 Å². The Morgan fingerprint density at radius 3 is 2.44 bits per heavy atom. The molecule has 0 unspecified atom stereocenters. The van der Waals surface area contributed by atoms with E-state index in [0.29, 0.717) is 23.7 Å². The van der Waals surface area contributed by atoms with Crippen molar-refractivity contribution in [1.82, 2.24) is 0 Å². The Kier molecular flexibility index (Phi) is 5.64. The number of aryl methyl sites for hydroxylation is 1. The summed E-state index contributed by atoms with van der Waals surface area (Å²) in [6, 6.07) is 13.0. The van der Waals surface area contributed by atoms with Gasteiger partial charge in [-0.2, -0.15) is 0 Å². The number of rotatable bonds is 6. The van der Waals surface area contributed by atoms with E-state index in [0.717, 1.165) is 17.7 Å². The molecule has 2 aromatic rings. The van der Waals surface area contributed by atoms with Gasteiger partial charge in [0.25, 0.3) is 0 Å². The standard InChI is InChI=1S/C21H24N2O4/c1-4-14-7-5-6-8-19(14)23-13-15(9-20(23)24)21(25)22-16-10-17(26-2)12-18(11-16)27-3/h5-8,10-12,15H,4,9,13H2,1-3H3,(H,22,25)/t15-/m1/s1. The molecular weight excluding hydrogens is 344 g/mol. The second-order valence-corrected chi connectivity index (χ2v) is 6.48. The zero-order valence-electron chi connectivity index (χ0n) is 15.8. The Hall–Kier alpha value is -3.02. The molecule has 1 atom stereocenters. The number of carbonyl (C=O) groups is 2. The molecule has 2 amide bonds. The molecule has 0 bridgehead atoms. The van der Waals surface area contributed by atoms with Crippen molar-refractivity contribution in [1.29, 1.82) is 0 Å². The van der Waals surface area contributed by atoms with Gasteiger partial charge in [0.15, 0.2) is 0 Å². The van der Waals surface area contributed by atoms with E-state index in [4.69, 9.17) is 9.47 Å². The number of carbonyl (C=O) groups excluding carboxylic acids is 2. The van der Waals surface area contributed by atoms with Gasteiger partial charge in [-0.15, -0.1) is 0 Å². The first-order valence-corrected chi connectivity index (χ1v) is 8.98. The summed E-state index contributed by atoms with van der Waals surface area (Å²) in [7, 11) is 3.11. The molecule has 6 nitrogen and oxygen atoms in total. The van der Waals surface area contributed by atoms with Gasteiger partial charge in [0.1, 0.15) is 11.5 Å². The van der Waals surface area contributed by atoms with Crippen LogP contribution in [0.25, 0.3) is 0 Å². The minimum atomic E-state index is -0.403. The maximum Gasteiger partial charge on any atom is 0.229 e. The second-order valence-electron chi connectivity index (χ2n) is 6.48. The van der Waals surface area contributed by atoms with Crippen LogP contribution in [0.15, 0.2) is 42.5 Å². The summed E-state index contributed by atoms with van der Waals surface area (Å²) in [5.41, 5.74) is 2.57. The molecule has 27 heavy (non-hydrogen) atoms. The van der Waals surface area contributed by atoms with Crippen LogP contribution in [0, 0.1) is 5.92 Å². The SMILES string of the molecule is CCc1ccccc1N1C[C@H](C(=O)Nc2cc(OC)cc(OC)c2)CC1=O. The zero-order valence-corrected chi connectivity index (χ0v) is 15.8. The van der Waals surface area contributed by atoms with Crippen molar-refractivity contribution in [3.05, 3.63) is 48.0 Å². The Morgan fingerprint density at radius 1 is 1.15 bits per heavy atom. The number of nitrogens with zero attached hydrogens (tertiary/aromatic N) is 1. The number of ether oxygens (including phenoxy) is 2. The number of nitrogens with one attached hydrogen (secondary N) is 1. The van der Waals surface area contributed by atoms with E-state index >= 15 is 0 Å². The predicted molar refractivity (Wildman–Crippen MR) is 104 cm³/mol. The highest BCUT2D eigenvalue weighted by Gasteiger charge is 2.35. The van der Waals surface area contributed by atoms with Gasteiger partial charge in [0.2, 0.25) is 11.8 Å². The van der Waals surface area contributed by atoms with Gasteiger partial charge in [-0.25, -0.2) is 0 Å². The predicted octanol–water partition coefficient (Wildman–Crippen LogP) is 3.26. The number of para-hydroxylation sites is 1. The summed E-state index contributed by atoms with van der Waals surface area (Å²) in [6.45, 7) is 2.43. The monoisotopic (exact) mass is 368 g/mol. The fourth-order valence-electron chi connectivity index (χ4n) is 3.31. The molecule has 0 aromatic heterocycles. The molecule has 0 saturated carbocycles. The van der Waals surface area contributed by atoms with Crippen LogP contribution < -0.4 is 19.7 Å². The van der Waals surface area contributed by atoms with Gasteiger partial charge in [0, 0.05) is 42.5 Å². The molecule has 0 aliphatic carbocycles. The fraction of sp³-hybridized carbons (Fsp3) is 0.333. The van der Waals surface area contributed by atoms with E-state index in [1.165, 1.54) is 0 Å². The second kappa shape index (κ2) is 8.12. The molecule has 1 aliphatic heterocycles. The first-order valence-electron chi connectivity index (χ1n) is 8.98. The number of hydrogen-bond donors (Lipinski definition) is 1. The lowest BCUT2D eigenvalue weighted by atomic mass is 10.1. The van der Waals surface area contributed by atoms with Crippen molar-refractivity contribution in [3.8, 4) is 11.5 Å².